The number of nitrogens with zero attached hydrogens (tertiary/aromatic N) is 2. The fourth-order valence-electron chi connectivity index (χ4n) is 3.59. The van der Waals surface area contributed by atoms with Gasteiger partial charge in [-0.05, 0) is 26.3 Å². The van der Waals surface area contributed by atoms with E-state index < -0.39 is 53.7 Å². The molecule has 1 saturated heterocycles. The molecule has 1 fully saturated rings. The van der Waals surface area contributed by atoms with Crippen LogP contribution in [-0.4, -0.2) is 71.9 Å². The van der Waals surface area contributed by atoms with Crippen LogP contribution in [-0.2, 0) is 41.0 Å². The van der Waals surface area contributed by atoms with Crippen LogP contribution in [0.25, 0.3) is 6.08 Å². The molecule has 23 heteroatoms. The van der Waals surface area contributed by atoms with Gasteiger partial charge < -0.3 is 41.3 Å². The van der Waals surface area contributed by atoms with Crippen molar-refractivity contribution in [2.45, 2.75) is 57.0 Å². The Morgan fingerprint density at radius 2 is 1.88 bits per heavy atom. The van der Waals surface area contributed by atoms with Crippen LogP contribution in [0.2, 0.25) is 0 Å². The molecule has 5 unspecified atom stereocenters. The van der Waals surface area contributed by atoms with Crippen LogP contribution in [0.1, 0.15) is 50.8 Å². The molecule has 0 aliphatic carbocycles. The summed E-state index contributed by atoms with van der Waals surface area (Å²) in [7, 11) is -16.8. The first kappa shape index (κ1) is 36.3. The molecular weight excluding hydrogens is 631 g/mol. The molecule has 1 amide bonds. The zero-order valence-electron chi connectivity index (χ0n) is 22.3. The zero-order valence-corrected chi connectivity index (χ0v) is 24.9. The van der Waals surface area contributed by atoms with Gasteiger partial charge in [-0.15, -0.1) is 4.67 Å². The van der Waals surface area contributed by atoms with Crippen molar-refractivity contribution in [1.29, 1.82) is 0 Å². The van der Waals surface area contributed by atoms with E-state index in [1.807, 2.05) is 0 Å². The van der Waals surface area contributed by atoms with Crippen molar-refractivity contribution < 1.29 is 66.1 Å². The quantitative estimate of drug-likeness (QED) is 0.0481. The number of nitrogens with two attached hydrogens (primary N) is 2. The predicted molar refractivity (Wildman–Crippen MR) is 143 cm³/mol. The lowest BCUT2D eigenvalue weighted by atomic mass is 10.0. The zero-order chi connectivity index (χ0) is 31.8. The Kier molecular flexibility index (Phi) is 13.2. The van der Waals surface area contributed by atoms with E-state index in [1.54, 1.807) is 6.08 Å². The van der Waals surface area contributed by atoms with Gasteiger partial charge in [0.05, 0.1) is 12.7 Å². The molecule has 1 aromatic heterocycles. The first-order valence-electron chi connectivity index (χ1n) is 12.2. The van der Waals surface area contributed by atoms with E-state index in [2.05, 4.69) is 28.1 Å². The molecule has 2 heterocycles. The maximum atomic E-state index is 12.5. The van der Waals surface area contributed by atoms with Crippen molar-refractivity contribution in [3.63, 3.8) is 0 Å². The minimum absolute atomic E-state index is 0.127. The number of hydrogen-bond acceptors (Lipinski definition) is 15. The molecule has 0 saturated carbocycles. The Morgan fingerprint density at radius 3 is 2.52 bits per heavy atom. The molecule has 20 nitrogen and oxygen atoms in total. The molecular formula is C19H34N5O15P3. The van der Waals surface area contributed by atoms with Crippen LogP contribution in [0.5, 0.6) is 0 Å². The van der Waals surface area contributed by atoms with Gasteiger partial charge in [0.15, 0.2) is 0 Å². The molecule has 1 aliphatic rings. The number of hydrogen-bond donors (Lipinski definition) is 8. The van der Waals surface area contributed by atoms with E-state index in [1.165, 1.54) is 19.2 Å². The van der Waals surface area contributed by atoms with Crippen molar-refractivity contribution in [3.05, 3.63) is 28.3 Å². The van der Waals surface area contributed by atoms with Gasteiger partial charge in [-0.1, -0.05) is 18.6 Å². The number of amides is 1. The number of unbranched alkanes of at least 4 members (excludes halogenated alkanes) is 2. The molecule has 240 valence electrons. The lowest BCUT2D eigenvalue weighted by Crippen LogP contribution is -2.40. The van der Waals surface area contributed by atoms with Crippen molar-refractivity contribution in [1.82, 2.24) is 14.9 Å². The average Bonchev–Trinajstić information content (AvgIpc) is 3.17. The lowest BCUT2D eigenvalue weighted by Gasteiger charge is -2.28. The summed E-state index contributed by atoms with van der Waals surface area (Å²) in [5.41, 5.74) is 8.88. The Bertz CT molecular complexity index is 1330. The van der Waals surface area contributed by atoms with Crippen molar-refractivity contribution in [2.24, 2.45) is 5.73 Å². The number of carbonyl (C=O) groups is 1. The smallest absolute Gasteiger partial charge is 0.390 e. The fourth-order valence-corrected chi connectivity index (χ4v) is 6.79. The highest BCUT2D eigenvalue weighted by atomic mass is 31.3. The Labute approximate surface area is 239 Å². The third-order valence-electron chi connectivity index (χ3n) is 5.71. The molecule has 0 bridgehead atoms. The van der Waals surface area contributed by atoms with Crippen LogP contribution in [0.15, 0.2) is 17.1 Å². The number of aliphatic hydroxyl groups is 1. The van der Waals surface area contributed by atoms with Crippen LogP contribution >= 0.6 is 23.5 Å². The lowest BCUT2D eigenvalue weighted by molar-refractivity contribution is -0.157. The molecule has 6 atom stereocenters. The molecule has 42 heavy (non-hydrogen) atoms. The first-order chi connectivity index (χ1) is 19.4. The highest BCUT2D eigenvalue weighted by Crippen LogP contribution is 2.67. The third-order valence-corrected chi connectivity index (χ3v) is 9.67. The monoisotopic (exact) mass is 665 g/mol. The minimum Gasteiger partial charge on any atom is -0.390 e. The summed E-state index contributed by atoms with van der Waals surface area (Å²) < 4.78 is 56.5. The van der Waals surface area contributed by atoms with Gasteiger partial charge in [0.2, 0.25) is 5.91 Å². The summed E-state index contributed by atoms with van der Waals surface area (Å²) in [6, 6.07) is 0. The fraction of sp³-hybridized carbons (Fsp3) is 0.632. The first-order valence-corrected chi connectivity index (χ1v) is 16.7. The number of aliphatic hydroxyl groups excluding tert-OH is 1. The number of aromatic nitrogens is 2. The second-order valence-corrected chi connectivity index (χ2v) is 13.7. The summed E-state index contributed by atoms with van der Waals surface area (Å²) in [6.45, 7) is 0.997. The average molecular weight is 665 g/mol. The standard InChI is InChI=1S/C19H34N5O15P3/c1-19(12-35-40(29,30)38-42(33,34)39-41(31,32)37-28)14(25)10-16(36-19)24-11-13(17(21)23-18(24)27)6-5-9-22-15(26)7-3-2-4-8-20/h5-6,11,14,16,25,28H,2-4,7-10,12,20H2,1H3,(H,22,26)(H,29,30)(H,31,32)(H,33,34)(H2,21,23,27)/b6-5+/t14?,16-,19?/m1/s1. The van der Waals surface area contributed by atoms with Crippen molar-refractivity contribution >= 4 is 41.3 Å². The van der Waals surface area contributed by atoms with Crippen LogP contribution in [0.3, 0.4) is 0 Å². The van der Waals surface area contributed by atoms with E-state index >= 15 is 0 Å². The van der Waals surface area contributed by atoms with Crippen molar-refractivity contribution in [3.8, 4) is 0 Å². The molecule has 1 aromatic rings. The number of nitrogens with one attached hydrogen (secondary N) is 1. The summed E-state index contributed by atoms with van der Waals surface area (Å²) >= 11 is 0. The normalized spacial score (nSPS) is 25.1. The molecule has 0 spiro atoms. The Balaban J connectivity index is 2.05. The summed E-state index contributed by atoms with van der Waals surface area (Å²) in [6.07, 6.45) is 4.25. The largest absolute Gasteiger partial charge is 0.508 e. The highest BCUT2D eigenvalue weighted by Gasteiger charge is 2.49. The maximum Gasteiger partial charge on any atom is 0.508 e. The number of rotatable bonds is 17. The molecule has 0 radical (unpaired) electrons. The number of carbonyl (C=O) groups excluding carboxylic acids is 1. The Morgan fingerprint density at radius 1 is 1.21 bits per heavy atom. The van der Waals surface area contributed by atoms with E-state index in [-0.39, 0.29) is 30.3 Å². The van der Waals surface area contributed by atoms with Gasteiger partial charge in [-0.3, -0.25) is 13.9 Å². The van der Waals surface area contributed by atoms with E-state index in [0.717, 1.165) is 17.4 Å². The number of nitrogen functional groups attached to an aromatic ring is 1. The van der Waals surface area contributed by atoms with Crippen LogP contribution < -0.4 is 22.5 Å². The molecule has 10 N–H and O–H groups in total. The number of phosphoric acid groups is 3. The second-order valence-electron chi connectivity index (χ2n) is 9.14. The maximum absolute atomic E-state index is 12.5. The summed E-state index contributed by atoms with van der Waals surface area (Å²) in [5, 5.41) is 21.4. The van der Waals surface area contributed by atoms with Gasteiger partial charge in [-0.2, -0.15) is 13.6 Å². The van der Waals surface area contributed by atoms with Gasteiger partial charge in [0.1, 0.15) is 17.6 Å². The number of ether oxygens (including phenoxy) is 1. The molecule has 2 rings (SSSR count). The second kappa shape index (κ2) is 15.2. The number of anilines is 1. The topological polar surface area (TPSA) is 315 Å². The minimum atomic E-state index is -5.79. The SMILES string of the molecule is CC1(COP(=O)(O)OP(=O)(O)OP(=O)(O)OO)O[C@@H](n2cc(/C=C/CNC(=O)CCCCCN)c(N)nc2=O)CC1O. The number of phosphoric ester groups is 1. The predicted octanol–water partition coefficient (Wildman–Crippen LogP) is 0.353. The van der Waals surface area contributed by atoms with Crippen molar-refractivity contribution in [2.75, 3.05) is 25.4 Å². The van der Waals surface area contributed by atoms with Gasteiger partial charge >= 0.3 is 29.2 Å². The van der Waals surface area contributed by atoms with Gasteiger partial charge in [-0.25, -0.2) is 23.7 Å². The summed E-state index contributed by atoms with van der Waals surface area (Å²) in [4.78, 5) is 56.1. The molecule has 0 aromatic carbocycles. The third kappa shape index (κ3) is 11.3. The van der Waals surface area contributed by atoms with E-state index in [0.29, 0.717) is 19.4 Å². The van der Waals surface area contributed by atoms with Gasteiger partial charge in [0.25, 0.3) is 0 Å². The highest BCUT2D eigenvalue weighted by molar-refractivity contribution is 7.66. The molecule has 1 aliphatic heterocycles. The van der Waals surface area contributed by atoms with Gasteiger partial charge in [0, 0.05) is 31.1 Å². The van der Waals surface area contributed by atoms with Crippen LogP contribution in [0, 0.1) is 0 Å². The van der Waals surface area contributed by atoms with Crippen LogP contribution in [0.4, 0.5) is 5.82 Å². The summed E-state index contributed by atoms with van der Waals surface area (Å²) in [5.74, 6) is -0.277. The van der Waals surface area contributed by atoms with E-state index in [9.17, 15) is 38.2 Å². The Hall–Kier alpha value is -1.86. The van der Waals surface area contributed by atoms with E-state index in [4.69, 9.17) is 26.4 Å².